The van der Waals surface area contributed by atoms with Crippen molar-refractivity contribution in [3.8, 4) is 0 Å². The summed E-state index contributed by atoms with van der Waals surface area (Å²) in [5, 5.41) is 0. The third kappa shape index (κ3) is 1.61. The zero-order valence-electron chi connectivity index (χ0n) is 7.00. The van der Waals surface area contributed by atoms with Crippen molar-refractivity contribution in [3.63, 3.8) is 0 Å². The standard InChI is InChI=1S/C9H10O2S/c1-6-4-3-5-8(7(6)2)9(10)11-12/h3-5,12H,1-2H3. The molecule has 1 rings (SSSR count). The van der Waals surface area contributed by atoms with Gasteiger partial charge < -0.3 is 4.18 Å². The Morgan fingerprint density at radius 1 is 1.42 bits per heavy atom. The second-order valence-electron chi connectivity index (χ2n) is 2.63. The summed E-state index contributed by atoms with van der Waals surface area (Å²) in [7, 11) is 0. The van der Waals surface area contributed by atoms with Gasteiger partial charge in [0, 0.05) is 12.9 Å². The Bertz CT molecular complexity index is 307. The number of hydrogen-bond acceptors (Lipinski definition) is 3. The van der Waals surface area contributed by atoms with E-state index in [9.17, 15) is 4.79 Å². The lowest BCUT2D eigenvalue weighted by Gasteiger charge is -2.04. The van der Waals surface area contributed by atoms with Crippen LogP contribution in [-0.4, -0.2) is 5.97 Å². The minimum absolute atomic E-state index is 0.403. The summed E-state index contributed by atoms with van der Waals surface area (Å²) >= 11 is 3.46. The molecule has 0 atom stereocenters. The second-order valence-corrected chi connectivity index (χ2v) is 2.81. The van der Waals surface area contributed by atoms with Crippen LogP contribution in [0.4, 0.5) is 0 Å². The van der Waals surface area contributed by atoms with Crippen molar-refractivity contribution in [3.05, 3.63) is 34.9 Å². The molecular formula is C9H10O2S. The highest BCUT2D eigenvalue weighted by atomic mass is 32.1. The van der Waals surface area contributed by atoms with Crippen molar-refractivity contribution in [2.24, 2.45) is 0 Å². The zero-order valence-corrected chi connectivity index (χ0v) is 7.89. The Morgan fingerprint density at radius 2 is 2.08 bits per heavy atom. The number of rotatable bonds is 1. The molecule has 2 nitrogen and oxygen atoms in total. The Morgan fingerprint density at radius 3 is 2.67 bits per heavy atom. The smallest absolute Gasteiger partial charge is 0.350 e. The van der Waals surface area contributed by atoms with Gasteiger partial charge in [-0.25, -0.2) is 4.79 Å². The SMILES string of the molecule is Cc1cccc(C(=O)OS)c1C. The normalized spacial score (nSPS) is 9.58. The second kappa shape index (κ2) is 3.63. The van der Waals surface area contributed by atoms with Crippen molar-refractivity contribution in [1.29, 1.82) is 0 Å². The molecule has 0 aliphatic carbocycles. The van der Waals surface area contributed by atoms with Gasteiger partial charge in [0.05, 0.1) is 5.56 Å². The summed E-state index contributed by atoms with van der Waals surface area (Å²) in [5.41, 5.74) is 2.59. The van der Waals surface area contributed by atoms with Crippen LogP contribution in [0.1, 0.15) is 21.5 Å². The first-order valence-corrected chi connectivity index (χ1v) is 3.95. The molecule has 0 N–H and O–H groups in total. The monoisotopic (exact) mass is 182 g/mol. The van der Waals surface area contributed by atoms with Crippen LogP contribution >= 0.6 is 12.9 Å². The highest BCUT2D eigenvalue weighted by molar-refractivity contribution is 7.75. The van der Waals surface area contributed by atoms with Crippen LogP contribution in [0.2, 0.25) is 0 Å². The van der Waals surface area contributed by atoms with Gasteiger partial charge in [0.15, 0.2) is 0 Å². The van der Waals surface area contributed by atoms with E-state index in [2.05, 4.69) is 17.1 Å². The Labute approximate surface area is 77.2 Å². The van der Waals surface area contributed by atoms with Gasteiger partial charge in [-0.2, -0.15) is 0 Å². The summed E-state index contributed by atoms with van der Waals surface area (Å²) in [6.07, 6.45) is 0. The zero-order chi connectivity index (χ0) is 9.14. The van der Waals surface area contributed by atoms with Crippen molar-refractivity contribution >= 4 is 18.9 Å². The molecular weight excluding hydrogens is 172 g/mol. The quantitative estimate of drug-likeness (QED) is 0.533. The van der Waals surface area contributed by atoms with E-state index >= 15 is 0 Å². The Hall–Kier alpha value is -0.960. The lowest BCUT2D eigenvalue weighted by Crippen LogP contribution is -2.01. The molecule has 0 unspecified atom stereocenters. The van der Waals surface area contributed by atoms with Gasteiger partial charge in [0.25, 0.3) is 0 Å². The van der Waals surface area contributed by atoms with Gasteiger partial charge in [-0.3, -0.25) is 0 Å². The average Bonchev–Trinajstić information content (AvgIpc) is 2.08. The van der Waals surface area contributed by atoms with E-state index < -0.39 is 5.97 Å². The summed E-state index contributed by atoms with van der Waals surface area (Å²) in [6, 6.07) is 5.49. The maximum absolute atomic E-state index is 11.1. The Balaban J connectivity index is 3.16. The maximum atomic E-state index is 11.1. The number of aryl methyl sites for hydroxylation is 1. The highest BCUT2D eigenvalue weighted by Gasteiger charge is 2.09. The summed E-state index contributed by atoms with van der Waals surface area (Å²) in [4.78, 5) is 11.1. The summed E-state index contributed by atoms with van der Waals surface area (Å²) < 4.78 is 4.33. The van der Waals surface area contributed by atoms with Gasteiger partial charge in [-0.05, 0) is 31.0 Å². The minimum atomic E-state index is -0.403. The van der Waals surface area contributed by atoms with E-state index in [-0.39, 0.29) is 0 Å². The largest absolute Gasteiger partial charge is 0.391 e. The van der Waals surface area contributed by atoms with Crippen LogP contribution in [-0.2, 0) is 4.18 Å². The van der Waals surface area contributed by atoms with Crippen LogP contribution < -0.4 is 0 Å². The molecule has 0 aliphatic heterocycles. The number of carbonyl (C=O) groups excluding carboxylic acids is 1. The molecule has 0 fully saturated rings. The van der Waals surface area contributed by atoms with E-state index in [4.69, 9.17) is 0 Å². The first-order valence-electron chi connectivity index (χ1n) is 3.58. The van der Waals surface area contributed by atoms with Gasteiger partial charge >= 0.3 is 5.97 Å². The first-order chi connectivity index (χ1) is 5.66. The van der Waals surface area contributed by atoms with E-state index in [1.807, 2.05) is 26.0 Å². The fraction of sp³-hybridized carbons (Fsp3) is 0.222. The van der Waals surface area contributed by atoms with E-state index in [0.717, 1.165) is 11.1 Å². The van der Waals surface area contributed by atoms with Crippen LogP contribution in [0, 0.1) is 13.8 Å². The first kappa shape index (κ1) is 9.13. The minimum Gasteiger partial charge on any atom is -0.391 e. The van der Waals surface area contributed by atoms with Crippen molar-refractivity contribution in [2.75, 3.05) is 0 Å². The van der Waals surface area contributed by atoms with Crippen molar-refractivity contribution < 1.29 is 8.98 Å². The number of hydrogen-bond donors (Lipinski definition) is 1. The predicted molar refractivity (Wildman–Crippen MR) is 50.3 cm³/mol. The van der Waals surface area contributed by atoms with Gasteiger partial charge in [-0.1, -0.05) is 12.1 Å². The lowest BCUT2D eigenvalue weighted by atomic mass is 10.0. The molecule has 0 bridgehead atoms. The molecule has 0 saturated heterocycles. The molecule has 0 spiro atoms. The molecule has 1 aromatic rings. The lowest BCUT2D eigenvalue weighted by molar-refractivity contribution is 0.0771. The van der Waals surface area contributed by atoms with Crippen molar-refractivity contribution in [1.82, 2.24) is 0 Å². The van der Waals surface area contributed by atoms with Gasteiger partial charge in [0.2, 0.25) is 0 Å². The molecule has 0 radical (unpaired) electrons. The molecule has 64 valence electrons. The van der Waals surface area contributed by atoms with E-state index in [1.54, 1.807) is 6.07 Å². The molecule has 0 amide bonds. The van der Waals surface area contributed by atoms with Crippen LogP contribution in [0.5, 0.6) is 0 Å². The van der Waals surface area contributed by atoms with Gasteiger partial charge in [-0.15, -0.1) is 0 Å². The summed E-state index contributed by atoms with van der Waals surface area (Å²) in [5.74, 6) is -0.403. The molecule has 0 saturated carbocycles. The van der Waals surface area contributed by atoms with Crippen LogP contribution in [0.3, 0.4) is 0 Å². The third-order valence-corrected chi connectivity index (χ3v) is 2.07. The summed E-state index contributed by atoms with van der Waals surface area (Å²) in [6.45, 7) is 3.83. The molecule has 1 aromatic carbocycles. The number of thiol groups is 1. The molecule has 0 aromatic heterocycles. The highest BCUT2D eigenvalue weighted by Crippen LogP contribution is 2.13. The topological polar surface area (TPSA) is 26.3 Å². The van der Waals surface area contributed by atoms with E-state index in [0.29, 0.717) is 5.56 Å². The number of benzene rings is 1. The maximum Gasteiger partial charge on any atom is 0.350 e. The fourth-order valence-electron chi connectivity index (χ4n) is 1.02. The third-order valence-electron chi connectivity index (χ3n) is 1.91. The van der Waals surface area contributed by atoms with Gasteiger partial charge in [0.1, 0.15) is 0 Å². The van der Waals surface area contributed by atoms with Crippen LogP contribution in [0.15, 0.2) is 18.2 Å². The molecule has 12 heavy (non-hydrogen) atoms. The van der Waals surface area contributed by atoms with Crippen molar-refractivity contribution in [2.45, 2.75) is 13.8 Å². The average molecular weight is 182 g/mol. The van der Waals surface area contributed by atoms with E-state index in [1.165, 1.54) is 0 Å². The number of carbonyl (C=O) groups is 1. The van der Waals surface area contributed by atoms with Crippen LogP contribution in [0.25, 0.3) is 0 Å². The Kier molecular flexibility index (Phi) is 2.76. The molecule has 0 aliphatic rings. The fourth-order valence-corrected chi connectivity index (χ4v) is 1.12. The molecule has 0 heterocycles. The predicted octanol–water partition coefficient (Wildman–Crippen LogP) is 2.31. The molecule has 3 heteroatoms.